The smallest absolute Gasteiger partial charge is 0.234 e. The van der Waals surface area contributed by atoms with E-state index in [2.05, 4.69) is 55.3 Å². The molecule has 1 N–H and O–H groups in total. The van der Waals surface area contributed by atoms with Gasteiger partial charge in [0.1, 0.15) is 0 Å². The first-order chi connectivity index (χ1) is 9.95. The maximum atomic E-state index is 11.9. The lowest BCUT2D eigenvalue weighted by molar-refractivity contribution is -0.123. The maximum absolute atomic E-state index is 11.9. The minimum Gasteiger partial charge on any atom is -0.379 e. The van der Waals surface area contributed by atoms with Gasteiger partial charge in [-0.3, -0.25) is 9.69 Å². The highest BCUT2D eigenvalue weighted by Crippen LogP contribution is 2.22. The second kappa shape index (κ2) is 7.05. The van der Waals surface area contributed by atoms with Crippen LogP contribution in [0, 0.1) is 0 Å². The number of morpholine rings is 1. The highest BCUT2D eigenvalue weighted by atomic mass is 16.5. The minimum absolute atomic E-state index is 0.0804. The first-order valence-corrected chi connectivity index (χ1v) is 7.61. The minimum atomic E-state index is 0.0804. The number of nitrogens with zero attached hydrogens (tertiary/aromatic N) is 1. The molecular formula is C17H26N2O2. The Morgan fingerprint density at radius 2 is 1.81 bits per heavy atom. The van der Waals surface area contributed by atoms with Crippen LogP contribution < -0.4 is 5.32 Å². The fraction of sp³-hybridized carbons (Fsp3) is 0.588. The fourth-order valence-electron chi connectivity index (χ4n) is 2.34. The van der Waals surface area contributed by atoms with Crippen LogP contribution in [0.5, 0.6) is 0 Å². The highest BCUT2D eigenvalue weighted by Gasteiger charge is 2.14. The van der Waals surface area contributed by atoms with Crippen molar-refractivity contribution in [2.24, 2.45) is 0 Å². The Hall–Kier alpha value is -1.39. The summed E-state index contributed by atoms with van der Waals surface area (Å²) in [6, 6.07) is 8.47. The third-order valence-corrected chi connectivity index (χ3v) is 3.78. The molecule has 0 saturated carbocycles. The van der Waals surface area contributed by atoms with E-state index in [0.717, 1.165) is 31.9 Å². The molecule has 2 rings (SSSR count). The summed E-state index contributed by atoms with van der Waals surface area (Å²) >= 11 is 0. The van der Waals surface area contributed by atoms with E-state index in [1.807, 2.05) is 0 Å². The molecule has 116 valence electrons. The summed E-state index contributed by atoms with van der Waals surface area (Å²) in [6.45, 7) is 10.8. The quantitative estimate of drug-likeness (QED) is 0.921. The van der Waals surface area contributed by atoms with Gasteiger partial charge in [-0.15, -0.1) is 0 Å². The van der Waals surface area contributed by atoms with Gasteiger partial charge in [0.2, 0.25) is 5.91 Å². The SMILES string of the molecule is CC(C)(C)c1ccc(CNC(=O)CN2CCOCC2)cc1. The van der Waals surface area contributed by atoms with E-state index < -0.39 is 0 Å². The van der Waals surface area contributed by atoms with Crippen LogP contribution in [-0.2, 0) is 21.5 Å². The van der Waals surface area contributed by atoms with Gasteiger partial charge in [-0.05, 0) is 16.5 Å². The monoisotopic (exact) mass is 290 g/mol. The summed E-state index contributed by atoms with van der Waals surface area (Å²) < 4.78 is 5.28. The van der Waals surface area contributed by atoms with Crippen molar-refractivity contribution in [3.8, 4) is 0 Å². The maximum Gasteiger partial charge on any atom is 0.234 e. The second-order valence-electron chi connectivity index (χ2n) is 6.61. The van der Waals surface area contributed by atoms with E-state index in [-0.39, 0.29) is 11.3 Å². The summed E-state index contributed by atoms with van der Waals surface area (Å²) in [5, 5.41) is 2.98. The Labute approximate surface area is 127 Å². The first-order valence-electron chi connectivity index (χ1n) is 7.61. The van der Waals surface area contributed by atoms with Crippen molar-refractivity contribution in [3.63, 3.8) is 0 Å². The van der Waals surface area contributed by atoms with E-state index in [0.29, 0.717) is 13.1 Å². The Morgan fingerprint density at radius 3 is 2.38 bits per heavy atom. The zero-order valence-corrected chi connectivity index (χ0v) is 13.3. The summed E-state index contributed by atoms with van der Waals surface area (Å²) in [5.74, 6) is 0.0804. The predicted octanol–water partition coefficient (Wildman–Crippen LogP) is 1.93. The summed E-state index contributed by atoms with van der Waals surface area (Å²) in [5.41, 5.74) is 2.61. The number of nitrogens with one attached hydrogen (secondary N) is 1. The van der Waals surface area contributed by atoms with E-state index in [9.17, 15) is 4.79 Å². The van der Waals surface area contributed by atoms with Crippen molar-refractivity contribution in [1.82, 2.24) is 10.2 Å². The largest absolute Gasteiger partial charge is 0.379 e. The number of carbonyl (C=O) groups is 1. The average Bonchev–Trinajstić information content (AvgIpc) is 2.46. The average molecular weight is 290 g/mol. The van der Waals surface area contributed by atoms with Crippen LogP contribution in [0.4, 0.5) is 0 Å². The lowest BCUT2D eigenvalue weighted by Crippen LogP contribution is -2.43. The number of hydrogen-bond acceptors (Lipinski definition) is 3. The molecule has 0 unspecified atom stereocenters. The molecule has 1 aromatic carbocycles. The molecule has 4 heteroatoms. The van der Waals surface area contributed by atoms with E-state index >= 15 is 0 Å². The number of carbonyl (C=O) groups excluding carboxylic acids is 1. The van der Waals surface area contributed by atoms with Gasteiger partial charge in [-0.25, -0.2) is 0 Å². The lowest BCUT2D eigenvalue weighted by atomic mass is 9.87. The third kappa shape index (κ3) is 5.14. The fourth-order valence-corrected chi connectivity index (χ4v) is 2.34. The molecule has 1 amide bonds. The molecule has 0 aliphatic carbocycles. The van der Waals surface area contributed by atoms with E-state index in [1.54, 1.807) is 0 Å². The number of benzene rings is 1. The van der Waals surface area contributed by atoms with E-state index in [4.69, 9.17) is 4.74 Å². The Balaban J connectivity index is 1.78. The third-order valence-electron chi connectivity index (χ3n) is 3.78. The number of ether oxygens (including phenoxy) is 1. The Morgan fingerprint density at radius 1 is 1.19 bits per heavy atom. The molecule has 0 atom stereocenters. The molecule has 1 aliphatic heterocycles. The molecular weight excluding hydrogens is 264 g/mol. The molecule has 0 spiro atoms. The van der Waals surface area contributed by atoms with Crippen LogP contribution in [0.2, 0.25) is 0 Å². The second-order valence-corrected chi connectivity index (χ2v) is 6.61. The topological polar surface area (TPSA) is 41.6 Å². The van der Waals surface area contributed by atoms with Gasteiger partial charge in [0, 0.05) is 19.6 Å². The lowest BCUT2D eigenvalue weighted by Gasteiger charge is -2.25. The van der Waals surface area contributed by atoms with Crippen LogP contribution in [0.1, 0.15) is 31.9 Å². The van der Waals surface area contributed by atoms with Crippen molar-refractivity contribution >= 4 is 5.91 Å². The van der Waals surface area contributed by atoms with Crippen LogP contribution in [0.15, 0.2) is 24.3 Å². The molecule has 21 heavy (non-hydrogen) atoms. The summed E-state index contributed by atoms with van der Waals surface area (Å²) in [4.78, 5) is 14.0. The molecule has 1 fully saturated rings. The molecule has 0 bridgehead atoms. The van der Waals surface area contributed by atoms with Gasteiger partial charge in [0.15, 0.2) is 0 Å². The van der Waals surface area contributed by atoms with Crippen LogP contribution in [0.25, 0.3) is 0 Å². The van der Waals surface area contributed by atoms with Gasteiger partial charge >= 0.3 is 0 Å². The summed E-state index contributed by atoms with van der Waals surface area (Å²) in [7, 11) is 0. The summed E-state index contributed by atoms with van der Waals surface area (Å²) in [6.07, 6.45) is 0. The molecule has 4 nitrogen and oxygen atoms in total. The van der Waals surface area contributed by atoms with Crippen molar-refractivity contribution in [2.45, 2.75) is 32.7 Å². The zero-order valence-electron chi connectivity index (χ0n) is 13.3. The molecule has 0 aromatic heterocycles. The van der Waals surface area contributed by atoms with Crippen molar-refractivity contribution in [1.29, 1.82) is 0 Å². The van der Waals surface area contributed by atoms with E-state index in [1.165, 1.54) is 5.56 Å². The Kier molecular flexibility index (Phi) is 5.37. The van der Waals surface area contributed by atoms with Gasteiger partial charge in [0.05, 0.1) is 19.8 Å². The van der Waals surface area contributed by atoms with Crippen LogP contribution >= 0.6 is 0 Å². The number of amides is 1. The molecule has 1 saturated heterocycles. The molecule has 1 heterocycles. The van der Waals surface area contributed by atoms with Gasteiger partial charge in [0.25, 0.3) is 0 Å². The van der Waals surface area contributed by atoms with Crippen molar-refractivity contribution in [3.05, 3.63) is 35.4 Å². The highest BCUT2D eigenvalue weighted by molar-refractivity contribution is 5.78. The molecule has 1 aliphatic rings. The Bertz CT molecular complexity index is 457. The van der Waals surface area contributed by atoms with Crippen LogP contribution in [-0.4, -0.2) is 43.7 Å². The predicted molar refractivity (Wildman–Crippen MR) is 84.2 cm³/mol. The van der Waals surface area contributed by atoms with Crippen LogP contribution in [0.3, 0.4) is 0 Å². The van der Waals surface area contributed by atoms with Gasteiger partial charge in [-0.1, -0.05) is 45.0 Å². The normalized spacial score (nSPS) is 16.7. The number of rotatable bonds is 4. The zero-order chi connectivity index (χ0) is 15.3. The van der Waals surface area contributed by atoms with Gasteiger partial charge < -0.3 is 10.1 Å². The van der Waals surface area contributed by atoms with Gasteiger partial charge in [-0.2, -0.15) is 0 Å². The standard InChI is InChI=1S/C17H26N2O2/c1-17(2,3)15-6-4-14(5-7-15)12-18-16(20)13-19-8-10-21-11-9-19/h4-7H,8-13H2,1-3H3,(H,18,20). The number of hydrogen-bond donors (Lipinski definition) is 1. The van der Waals surface area contributed by atoms with Crippen molar-refractivity contribution in [2.75, 3.05) is 32.8 Å². The molecule has 1 aromatic rings. The first kappa shape index (κ1) is 16.0. The molecule has 0 radical (unpaired) electrons. The van der Waals surface area contributed by atoms with Crippen molar-refractivity contribution < 1.29 is 9.53 Å².